The molecule has 8 heteroatoms. The van der Waals surface area contributed by atoms with E-state index in [0.717, 1.165) is 17.9 Å². The summed E-state index contributed by atoms with van der Waals surface area (Å²) in [5, 5.41) is 0.0469. The van der Waals surface area contributed by atoms with E-state index >= 15 is 0 Å². The maximum atomic E-state index is 11.9. The number of nitrogens with one attached hydrogen (secondary N) is 1. The van der Waals surface area contributed by atoms with Crippen molar-refractivity contribution in [3.05, 3.63) is 11.5 Å². The van der Waals surface area contributed by atoms with E-state index in [4.69, 9.17) is 11.6 Å². The van der Waals surface area contributed by atoms with Crippen molar-refractivity contribution < 1.29 is 8.42 Å². The third-order valence-corrected chi connectivity index (χ3v) is 5.82. The van der Waals surface area contributed by atoms with Gasteiger partial charge in [-0.25, -0.2) is 18.1 Å². The molecule has 96 valence electrons. The average Bonchev–Trinajstić information content (AvgIpc) is 2.88. The number of rotatable bonds is 4. The molecular formula is C9H14ClN3O2S2. The van der Waals surface area contributed by atoms with Crippen LogP contribution in [0.1, 0.15) is 6.42 Å². The Morgan fingerprint density at radius 3 is 3.00 bits per heavy atom. The molecule has 0 amide bonds. The van der Waals surface area contributed by atoms with Crippen LogP contribution < -0.4 is 4.72 Å². The summed E-state index contributed by atoms with van der Waals surface area (Å²) in [7, 11) is -1.93. The molecule has 1 aliphatic rings. The molecule has 0 radical (unpaired) electrons. The fourth-order valence-corrected chi connectivity index (χ4v) is 4.44. The molecule has 1 saturated heterocycles. The van der Waals surface area contributed by atoms with Gasteiger partial charge in [-0.15, -0.1) is 0 Å². The van der Waals surface area contributed by atoms with Gasteiger partial charge in [0, 0.05) is 13.6 Å². The standard InChI is InChI=1S/C9H14ClN3O2S2/c1-13-6-11-9(8(13)10)17(14,15)12-4-7-2-3-16-5-7/h6-7,12H,2-5H2,1H3. The summed E-state index contributed by atoms with van der Waals surface area (Å²) in [6.07, 6.45) is 2.45. The number of hydrogen-bond acceptors (Lipinski definition) is 4. The molecular weight excluding hydrogens is 282 g/mol. The minimum Gasteiger partial charge on any atom is -0.324 e. The first-order valence-electron chi connectivity index (χ1n) is 5.25. The minimum atomic E-state index is -3.58. The van der Waals surface area contributed by atoms with Crippen molar-refractivity contribution in [2.45, 2.75) is 11.4 Å². The van der Waals surface area contributed by atoms with E-state index in [2.05, 4.69) is 9.71 Å². The van der Waals surface area contributed by atoms with Crippen LogP contribution in [0.5, 0.6) is 0 Å². The summed E-state index contributed by atoms with van der Waals surface area (Å²) in [5.41, 5.74) is 0. The highest BCUT2D eigenvalue weighted by Crippen LogP contribution is 2.23. The summed E-state index contributed by atoms with van der Waals surface area (Å²) in [6, 6.07) is 0. The SMILES string of the molecule is Cn1cnc(S(=O)(=O)NCC2CCSC2)c1Cl. The van der Waals surface area contributed by atoms with Crippen LogP contribution in [0.15, 0.2) is 11.4 Å². The van der Waals surface area contributed by atoms with Crippen LogP contribution in [0.4, 0.5) is 0 Å². The number of aryl methyl sites for hydroxylation is 1. The quantitative estimate of drug-likeness (QED) is 0.904. The topological polar surface area (TPSA) is 64.0 Å². The molecule has 0 saturated carbocycles. The second-order valence-corrected chi connectivity index (χ2v) is 7.22. The number of hydrogen-bond donors (Lipinski definition) is 1. The van der Waals surface area contributed by atoms with E-state index in [1.807, 2.05) is 11.8 Å². The zero-order chi connectivity index (χ0) is 12.5. The molecule has 1 N–H and O–H groups in total. The van der Waals surface area contributed by atoms with E-state index < -0.39 is 10.0 Å². The second kappa shape index (κ2) is 5.17. The van der Waals surface area contributed by atoms with Crippen LogP contribution in [0.25, 0.3) is 0 Å². The lowest BCUT2D eigenvalue weighted by atomic mass is 10.1. The minimum absolute atomic E-state index is 0.0904. The van der Waals surface area contributed by atoms with E-state index in [-0.39, 0.29) is 10.2 Å². The van der Waals surface area contributed by atoms with Gasteiger partial charge in [-0.3, -0.25) is 0 Å². The Bertz CT molecular complexity index is 494. The molecule has 0 aromatic carbocycles. The van der Waals surface area contributed by atoms with E-state index in [1.165, 1.54) is 10.9 Å². The molecule has 17 heavy (non-hydrogen) atoms. The van der Waals surface area contributed by atoms with Gasteiger partial charge in [-0.05, 0) is 23.8 Å². The average molecular weight is 296 g/mol. The third kappa shape index (κ3) is 2.96. The molecule has 1 aromatic rings. The van der Waals surface area contributed by atoms with Crippen molar-refractivity contribution in [2.75, 3.05) is 18.1 Å². The number of thioether (sulfide) groups is 1. The highest BCUT2D eigenvalue weighted by Gasteiger charge is 2.24. The van der Waals surface area contributed by atoms with E-state index in [9.17, 15) is 8.42 Å². The molecule has 1 fully saturated rings. The molecule has 0 spiro atoms. The first kappa shape index (κ1) is 13.2. The van der Waals surface area contributed by atoms with Crippen LogP contribution >= 0.6 is 23.4 Å². The van der Waals surface area contributed by atoms with Gasteiger partial charge in [0.05, 0.1) is 6.33 Å². The Balaban J connectivity index is 2.05. The number of aromatic nitrogens is 2. The molecule has 5 nitrogen and oxygen atoms in total. The fourth-order valence-electron chi connectivity index (χ4n) is 1.61. The molecule has 1 aliphatic heterocycles. The van der Waals surface area contributed by atoms with Gasteiger partial charge in [0.2, 0.25) is 5.03 Å². The summed E-state index contributed by atoms with van der Waals surface area (Å²) < 4.78 is 27.9. The zero-order valence-electron chi connectivity index (χ0n) is 9.39. The summed E-state index contributed by atoms with van der Waals surface area (Å²) in [4.78, 5) is 3.81. The number of imidazole rings is 1. The molecule has 2 rings (SSSR count). The summed E-state index contributed by atoms with van der Waals surface area (Å²) >= 11 is 7.72. The molecule has 1 atom stereocenters. The Morgan fingerprint density at radius 2 is 2.47 bits per heavy atom. The fraction of sp³-hybridized carbons (Fsp3) is 0.667. The number of halogens is 1. The summed E-state index contributed by atoms with van der Waals surface area (Å²) in [5.74, 6) is 2.53. The van der Waals surface area contributed by atoms with E-state index in [0.29, 0.717) is 12.5 Å². The van der Waals surface area contributed by atoms with Gasteiger partial charge in [0.1, 0.15) is 5.15 Å². The number of nitrogens with zero attached hydrogens (tertiary/aromatic N) is 2. The van der Waals surface area contributed by atoms with Gasteiger partial charge < -0.3 is 4.57 Å². The van der Waals surface area contributed by atoms with E-state index in [1.54, 1.807) is 7.05 Å². The number of sulfonamides is 1. The molecule has 0 bridgehead atoms. The monoisotopic (exact) mass is 295 g/mol. The Labute approximate surface area is 110 Å². The second-order valence-electron chi connectivity index (χ2n) is 4.03. The Hall–Kier alpha value is -0.240. The Kier molecular flexibility index (Phi) is 4.02. The molecule has 1 unspecified atom stereocenters. The van der Waals surface area contributed by atoms with Crippen LogP contribution in [-0.4, -0.2) is 36.0 Å². The first-order valence-corrected chi connectivity index (χ1v) is 8.26. The maximum absolute atomic E-state index is 11.9. The van der Waals surface area contributed by atoms with Crippen molar-refractivity contribution in [1.29, 1.82) is 0 Å². The van der Waals surface area contributed by atoms with Crippen molar-refractivity contribution in [2.24, 2.45) is 13.0 Å². The molecule has 2 heterocycles. The highest BCUT2D eigenvalue weighted by molar-refractivity contribution is 7.99. The van der Waals surface area contributed by atoms with Crippen LogP contribution in [-0.2, 0) is 17.1 Å². The Morgan fingerprint density at radius 1 is 1.71 bits per heavy atom. The van der Waals surface area contributed by atoms with Crippen LogP contribution in [0.3, 0.4) is 0 Å². The predicted octanol–water partition coefficient (Wildman–Crippen LogP) is 1.10. The van der Waals surface area contributed by atoms with Crippen molar-refractivity contribution in [1.82, 2.24) is 14.3 Å². The smallest absolute Gasteiger partial charge is 0.261 e. The predicted molar refractivity (Wildman–Crippen MR) is 68.8 cm³/mol. The van der Waals surface area contributed by atoms with Gasteiger partial charge in [0.15, 0.2) is 0 Å². The first-order chi connectivity index (χ1) is 8.00. The normalized spacial score (nSPS) is 20.9. The third-order valence-electron chi connectivity index (χ3n) is 2.67. The lowest BCUT2D eigenvalue weighted by Gasteiger charge is -2.09. The van der Waals surface area contributed by atoms with Crippen molar-refractivity contribution in [3.8, 4) is 0 Å². The van der Waals surface area contributed by atoms with Gasteiger partial charge in [0.25, 0.3) is 10.0 Å². The van der Waals surface area contributed by atoms with Crippen LogP contribution in [0, 0.1) is 5.92 Å². The van der Waals surface area contributed by atoms with Gasteiger partial charge >= 0.3 is 0 Å². The molecule has 0 aliphatic carbocycles. The van der Waals surface area contributed by atoms with Crippen molar-refractivity contribution in [3.63, 3.8) is 0 Å². The zero-order valence-corrected chi connectivity index (χ0v) is 11.8. The maximum Gasteiger partial charge on any atom is 0.261 e. The van der Waals surface area contributed by atoms with Crippen LogP contribution in [0.2, 0.25) is 5.15 Å². The molecule has 1 aromatic heterocycles. The lowest BCUT2D eigenvalue weighted by Crippen LogP contribution is -2.29. The lowest BCUT2D eigenvalue weighted by molar-refractivity contribution is 0.543. The largest absolute Gasteiger partial charge is 0.324 e. The van der Waals surface area contributed by atoms with Gasteiger partial charge in [-0.1, -0.05) is 11.6 Å². The summed E-state index contributed by atoms with van der Waals surface area (Å²) in [6.45, 7) is 0.461. The van der Waals surface area contributed by atoms with Crippen molar-refractivity contribution >= 4 is 33.4 Å². The highest BCUT2D eigenvalue weighted by atomic mass is 35.5. The van der Waals surface area contributed by atoms with Gasteiger partial charge in [-0.2, -0.15) is 11.8 Å².